The Morgan fingerprint density at radius 1 is 0.769 bits per heavy atom. The van der Waals surface area contributed by atoms with Crippen molar-refractivity contribution in [2.24, 2.45) is 0 Å². The molecule has 0 fully saturated rings. The van der Waals surface area contributed by atoms with Crippen molar-refractivity contribution in [3.05, 3.63) is 105 Å². The van der Waals surface area contributed by atoms with E-state index in [-0.39, 0.29) is 42.7 Å². The van der Waals surface area contributed by atoms with Crippen LogP contribution in [0.15, 0.2) is 94.7 Å². The van der Waals surface area contributed by atoms with Crippen molar-refractivity contribution in [1.29, 1.82) is 0 Å². The van der Waals surface area contributed by atoms with Gasteiger partial charge in [0.25, 0.3) is 0 Å². The van der Waals surface area contributed by atoms with Crippen LogP contribution < -0.4 is 19.5 Å². The Labute approximate surface area is 397 Å². The number of aromatic nitrogens is 4. The van der Waals surface area contributed by atoms with Crippen LogP contribution in [-0.2, 0) is 48.7 Å². The lowest BCUT2D eigenvalue weighted by Crippen LogP contribution is -2.47. The third-order valence-corrected chi connectivity index (χ3v) is 20.5. The number of tetrazole rings is 1. The largest absolute Gasteiger partial charge is 0.497 e. The first kappa shape index (κ1) is 51.4. The van der Waals surface area contributed by atoms with Crippen molar-refractivity contribution in [3.8, 4) is 28.6 Å². The van der Waals surface area contributed by atoms with E-state index < -0.39 is 61.5 Å². The smallest absolute Gasteiger partial charge is 0.407 e. The monoisotopic (exact) mass is 1060 g/mol. The molecule has 0 saturated heterocycles. The zero-order valence-corrected chi connectivity index (χ0v) is 43.5. The maximum Gasteiger partial charge on any atom is 0.407 e. The van der Waals surface area contributed by atoms with E-state index in [1.807, 2.05) is 68.6 Å². The summed E-state index contributed by atoms with van der Waals surface area (Å²) in [5, 5.41) is 14.1. The van der Waals surface area contributed by atoms with Crippen LogP contribution in [0.5, 0.6) is 17.2 Å². The number of alkyl carbamates (subject to hydrolysis) is 1. The number of carbonyl (C=O) groups is 1. The number of rotatable bonds is 19. The van der Waals surface area contributed by atoms with Gasteiger partial charge in [-0.25, -0.2) is 21.6 Å². The highest BCUT2D eigenvalue weighted by atomic mass is 127. The molecule has 0 aliphatic rings. The quantitative estimate of drug-likeness (QED) is 0.0617. The van der Waals surface area contributed by atoms with Crippen LogP contribution in [0.3, 0.4) is 0 Å². The van der Waals surface area contributed by atoms with E-state index in [2.05, 4.69) is 20.7 Å². The Bertz CT molecular complexity index is 2580. The Hall–Kier alpha value is -4.61. The maximum atomic E-state index is 15.9. The number of halogens is 1. The SMILES string of the molecule is COc1ccc(CN(Cc2ccc(OC)cc2)S(=O)(=O)c2c(S(=O)(=O)C(CNC(=O)OC(C)(C)C)CO[Si](C)(C)C(C)(C)C)ccc(I)c2-c2nnn(Cc3ccc(OC)cc3)n2)cc1. The van der Waals surface area contributed by atoms with Crippen molar-refractivity contribution in [1.82, 2.24) is 29.8 Å². The number of hydrogen-bond acceptors (Lipinski definition) is 13. The van der Waals surface area contributed by atoms with Crippen molar-refractivity contribution >= 4 is 56.9 Å². The number of methoxy groups -OCH3 is 3. The fraction of sp³-hybridized carbons (Fsp3) is 0.422. The topological polar surface area (TPSA) is 190 Å². The van der Waals surface area contributed by atoms with Crippen molar-refractivity contribution in [2.75, 3.05) is 34.5 Å². The molecule has 352 valence electrons. The van der Waals surface area contributed by atoms with Gasteiger partial charge < -0.3 is 28.7 Å². The van der Waals surface area contributed by atoms with Gasteiger partial charge in [-0.2, -0.15) is 9.10 Å². The lowest BCUT2D eigenvalue weighted by molar-refractivity contribution is 0.0526. The van der Waals surface area contributed by atoms with E-state index in [9.17, 15) is 4.79 Å². The van der Waals surface area contributed by atoms with Gasteiger partial charge in [-0.15, -0.1) is 10.2 Å². The number of sulfonamides is 1. The highest BCUT2D eigenvalue weighted by Crippen LogP contribution is 2.40. The van der Waals surface area contributed by atoms with Gasteiger partial charge in [0.05, 0.1) is 44.9 Å². The summed E-state index contributed by atoms with van der Waals surface area (Å²) in [6, 6.07) is 23.9. The van der Waals surface area contributed by atoms with E-state index in [1.54, 1.807) is 88.5 Å². The van der Waals surface area contributed by atoms with E-state index in [0.717, 1.165) is 5.56 Å². The molecule has 1 N–H and O–H groups in total. The minimum Gasteiger partial charge on any atom is -0.497 e. The predicted octanol–water partition coefficient (Wildman–Crippen LogP) is 8.10. The molecule has 0 spiro atoms. The number of nitrogens with zero attached hydrogens (tertiary/aromatic N) is 5. The molecule has 0 radical (unpaired) electrons. The lowest BCUT2D eigenvalue weighted by atomic mass is 10.2. The highest BCUT2D eigenvalue weighted by molar-refractivity contribution is 14.1. The van der Waals surface area contributed by atoms with Crippen LogP contribution in [0.4, 0.5) is 4.79 Å². The van der Waals surface area contributed by atoms with Crippen LogP contribution in [0.1, 0.15) is 58.2 Å². The Morgan fingerprint density at radius 3 is 1.72 bits per heavy atom. The molecule has 1 unspecified atom stereocenters. The summed E-state index contributed by atoms with van der Waals surface area (Å²) >= 11 is 1.96. The number of carbonyl (C=O) groups excluding carboxylic acids is 1. The molecular weight excluding hydrogens is 1000 g/mol. The number of nitrogens with one attached hydrogen (secondary N) is 1. The molecule has 5 aromatic rings. The van der Waals surface area contributed by atoms with Crippen LogP contribution >= 0.6 is 22.6 Å². The van der Waals surface area contributed by atoms with Gasteiger partial charge in [-0.3, -0.25) is 0 Å². The van der Waals surface area contributed by atoms with Crippen LogP contribution in [0, 0.1) is 3.57 Å². The van der Waals surface area contributed by atoms with E-state index in [4.69, 9.17) is 23.4 Å². The van der Waals surface area contributed by atoms with Crippen LogP contribution in [0.25, 0.3) is 11.4 Å². The number of amides is 1. The van der Waals surface area contributed by atoms with Gasteiger partial charge >= 0.3 is 6.09 Å². The van der Waals surface area contributed by atoms with Gasteiger partial charge in [-0.1, -0.05) is 57.2 Å². The zero-order valence-electron chi connectivity index (χ0n) is 38.7. The number of ether oxygens (including phenoxy) is 4. The molecule has 0 bridgehead atoms. The first-order valence-electron chi connectivity index (χ1n) is 20.7. The molecule has 5 rings (SSSR count). The van der Waals surface area contributed by atoms with Crippen molar-refractivity contribution < 1.29 is 45.0 Å². The van der Waals surface area contributed by atoms with E-state index in [1.165, 1.54) is 35.5 Å². The summed E-state index contributed by atoms with van der Waals surface area (Å²) in [7, 11) is -7.55. The second-order valence-electron chi connectivity index (χ2n) is 17.8. The molecule has 16 nitrogen and oxygen atoms in total. The zero-order chi connectivity index (χ0) is 48.0. The first-order chi connectivity index (χ1) is 30.4. The standard InChI is InChI=1S/C45H59IN6O10S2Si/c1-44(2,3)62-43(53)47-26-37(30-61-65(10,11)45(4,5)6)63(54,55)39-25-24-38(46)40(42-48-50-52(49-42)29-33-16-22-36(60-9)23-17-33)41(39)64(56,57)51(27-31-12-18-34(58-7)19-13-31)28-32-14-20-35(59-8)21-15-32/h12-25,37H,26-30H2,1-11H3,(H,47,53). The molecule has 65 heavy (non-hydrogen) atoms. The summed E-state index contributed by atoms with van der Waals surface area (Å²) in [5.74, 6) is 1.68. The maximum absolute atomic E-state index is 15.9. The second-order valence-corrected chi connectivity index (χ2v) is 27.9. The molecule has 4 aromatic carbocycles. The summed E-state index contributed by atoms with van der Waals surface area (Å²) in [5.41, 5.74) is 1.07. The third-order valence-electron chi connectivity index (χ3n) is 10.9. The van der Waals surface area contributed by atoms with Crippen molar-refractivity contribution in [3.63, 3.8) is 0 Å². The molecule has 1 aromatic heterocycles. The van der Waals surface area contributed by atoms with Gasteiger partial charge in [0, 0.05) is 23.2 Å². The van der Waals surface area contributed by atoms with Crippen LogP contribution in [-0.4, -0.2) is 101 Å². The fourth-order valence-electron chi connectivity index (χ4n) is 6.22. The van der Waals surface area contributed by atoms with Gasteiger partial charge in [-0.05, 0) is 132 Å². The molecule has 1 atom stereocenters. The Morgan fingerprint density at radius 2 is 1.26 bits per heavy atom. The summed E-state index contributed by atoms with van der Waals surface area (Å²) in [6.07, 6.45) is -0.844. The molecule has 0 saturated carbocycles. The van der Waals surface area contributed by atoms with Gasteiger partial charge in [0.15, 0.2) is 18.2 Å². The average molecular weight is 1060 g/mol. The first-order valence-corrected chi connectivity index (χ1v) is 27.7. The normalized spacial score (nSPS) is 13.1. The number of benzene rings is 4. The van der Waals surface area contributed by atoms with E-state index in [0.29, 0.717) is 31.9 Å². The molecule has 0 aliphatic heterocycles. The third kappa shape index (κ3) is 13.1. The molecule has 0 aliphatic carbocycles. The minimum absolute atomic E-state index is 0.0636. The number of hydrogen-bond donors (Lipinski definition) is 1. The fourth-order valence-corrected chi connectivity index (χ4v) is 12.1. The van der Waals surface area contributed by atoms with Crippen LogP contribution in [0.2, 0.25) is 18.1 Å². The molecule has 1 heterocycles. The Balaban J connectivity index is 1.75. The molecule has 20 heteroatoms. The minimum atomic E-state index is -4.84. The summed E-state index contributed by atoms with van der Waals surface area (Å²) in [6.45, 7) is 14.1. The van der Waals surface area contributed by atoms with Crippen molar-refractivity contribution in [2.45, 2.75) is 100.0 Å². The molecular formula is C45H59IN6O10S2Si. The summed E-state index contributed by atoms with van der Waals surface area (Å²) < 4.78 is 92.3. The number of sulfone groups is 1. The second kappa shape index (κ2) is 20.9. The van der Waals surface area contributed by atoms with Gasteiger partial charge in [0.1, 0.15) is 33.0 Å². The lowest BCUT2D eigenvalue weighted by Gasteiger charge is -2.37. The molecule has 1 amide bonds. The highest BCUT2D eigenvalue weighted by Gasteiger charge is 2.43. The predicted molar refractivity (Wildman–Crippen MR) is 259 cm³/mol. The summed E-state index contributed by atoms with van der Waals surface area (Å²) in [4.78, 5) is 13.3. The Kier molecular flexibility index (Phi) is 16.5. The average Bonchev–Trinajstić information content (AvgIpc) is 3.70. The van der Waals surface area contributed by atoms with Gasteiger partial charge in [0.2, 0.25) is 15.8 Å². The van der Waals surface area contributed by atoms with E-state index >= 15 is 16.8 Å².